The van der Waals surface area contributed by atoms with E-state index in [2.05, 4.69) is 10.6 Å². The summed E-state index contributed by atoms with van der Waals surface area (Å²) in [5.41, 5.74) is -0.290. The zero-order valence-electron chi connectivity index (χ0n) is 14.6. The Morgan fingerprint density at radius 2 is 2.00 bits per heavy atom. The smallest absolute Gasteiger partial charge is 0.325 e. The summed E-state index contributed by atoms with van der Waals surface area (Å²) in [6, 6.07) is 7.79. The zero-order chi connectivity index (χ0) is 19.1. The Labute approximate surface area is 155 Å². The zero-order valence-corrected chi connectivity index (χ0v) is 15.3. The predicted molar refractivity (Wildman–Crippen MR) is 95.9 cm³/mol. The first-order chi connectivity index (χ1) is 12.2. The molecule has 1 aliphatic rings. The number of benzene rings is 1. The van der Waals surface area contributed by atoms with Crippen LogP contribution in [0.1, 0.15) is 24.0 Å². The van der Waals surface area contributed by atoms with Crippen LogP contribution in [-0.4, -0.2) is 29.3 Å². The maximum atomic E-state index is 12.8. The molecule has 0 bridgehead atoms. The molecule has 0 unspecified atom stereocenters. The number of nitrogens with one attached hydrogen (secondary N) is 2. The van der Waals surface area contributed by atoms with Crippen LogP contribution in [0.5, 0.6) is 0 Å². The number of carbonyl (C=O) groups excluding carboxylic acids is 3. The van der Waals surface area contributed by atoms with Gasteiger partial charge in [0.15, 0.2) is 0 Å². The van der Waals surface area contributed by atoms with Gasteiger partial charge in [0.1, 0.15) is 23.6 Å². The van der Waals surface area contributed by atoms with Crippen molar-refractivity contribution in [3.05, 3.63) is 52.4 Å². The summed E-state index contributed by atoms with van der Waals surface area (Å²) in [5, 5.41) is 5.62. The number of carbonyl (C=O) groups is 3. The number of urea groups is 1. The standard InChI is InChI=1S/C18H18ClN3O4/c1-10-8-12(11(2)26-10)18(3)16(24)22(17(25)21-18)9-15(23)20-14-7-5-4-6-13(14)19/h4-8H,9H2,1-3H3,(H,20,23)(H,21,25)/t18-/m1/s1. The molecule has 1 atom stereocenters. The van der Waals surface area contributed by atoms with E-state index in [1.165, 1.54) is 0 Å². The molecule has 0 spiro atoms. The fourth-order valence-electron chi connectivity index (χ4n) is 3.05. The van der Waals surface area contributed by atoms with E-state index in [0.29, 0.717) is 27.8 Å². The fourth-order valence-corrected chi connectivity index (χ4v) is 3.23. The van der Waals surface area contributed by atoms with Crippen LogP contribution in [0, 0.1) is 13.8 Å². The molecule has 1 aliphatic heterocycles. The quantitative estimate of drug-likeness (QED) is 0.803. The van der Waals surface area contributed by atoms with Gasteiger partial charge in [-0.1, -0.05) is 23.7 Å². The van der Waals surface area contributed by atoms with Gasteiger partial charge in [-0.3, -0.25) is 14.5 Å². The van der Waals surface area contributed by atoms with Crippen LogP contribution < -0.4 is 10.6 Å². The first-order valence-corrected chi connectivity index (χ1v) is 8.36. The Morgan fingerprint density at radius 1 is 1.31 bits per heavy atom. The fraction of sp³-hybridized carbons (Fsp3) is 0.278. The Morgan fingerprint density at radius 3 is 2.62 bits per heavy atom. The molecule has 2 N–H and O–H groups in total. The Kier molecular flexibility index (Phi) is 4.50. The maximum absolute atomic E-state index is 12.8. The van der Waals surface area contributed by atoms with E-state index in [-0.39, 0.29) is 0 Å². The Balaban J connectivity index is 1.78. The number of nitrogens with zero attached hydrogens (tertiary/aromatic N) is 1. The topological polar surface area (TPSA) is 91.7 Å². The first kappa shape index (κ1) is 18.0. The molecule has 1 aromatic heterocycles. The number of furan rings is 1. The van der Waals surface area contributed by atoms with Gasteiger partial charge in [0.05, 0.1) is 10.7 Å². The summed E-state index contributed by atoms with van der Waals surface area (Å²) in [6.45, 7) is 4.66. The van der Waals surface area contributed by atoms with Gasteiger partial charge in [-0.05, 0) is 39.0 Å². The Bertz CT molecular complexity index is 908. The molecule has 1 saturated heterocycles. The second-order valence-corrected chi connectivity index (χ2v) is 6.71. The molecule has 2 heterocycles. The lowest BCUT2D eigenvalue weighted by Gasteiger charge is -2.21. The summed E-state index contributed by atoms with van der Waals surface area (Å²) in [5.74, 6) is 0.142. The highest BCUT2D eigenvalue weighted by Gasteiger charge is 2.51. The third-order valence-electron chi connectivity index (χ3n) is 4.30. The minimum Gasteiger partial charge on any atom is -0.466 e. The number of hydrogen-bond acceptors (Lipinski definition) is 4. The normalized spacial score (nSPS) is 19.6. The van der Waals surface area contributed by atoms with Gasteiger partial charge in [-0.25, -0.2) is 4.79 Å². The van der Waals surface area contributed by atoms with E-state index in [1.807, 2.05) is 0 Å². The summed E-state index contributed by atoms with van der Waals surface area (Å²) >= 11 is 6.00. The highest BCUT2D eigenvalue weighted by Crippen LogP contribution is 2.32. The summed E-state index contributed by atoms with van der Waals surface area (Å²) < 4.78 is 5.47. The lowest BCUT2D eigenvalue weighted by atomic mass is 9.92. The molecular weight excluding hydrogens is 358 g/mol. The van der Waals surface area contributed by atoms with Crippen LogP contribution in [0.3, 0.4) is 0 Å². The molecule has 1 fully saturated rings. The number of anilines is 1. The van der Waals surface area contributed by atoms with E-state index >= 15 is 0 Å². The van der Waals surface area contributed by atoms with Crippen molar-refractivity contribution in [2.45, 2.75) is 26.3 Å². The second kappa shape index (κ2) is 6.49. The van der Waals surface area contributed by atoms with E-state index in [4.69, 9.17) is 16.0 Å². The monoisotopic (exact) mass is 375 g/mol. The van der Waals surface area contributed by atoms with Gasteiger partial charge in [-0.2, -0.15) is 0 Å². The van der Waals surface area contributed by atoms with Crippen LogP contribution in [-0.2, 0) is 15.1 Å². The average Bonchev–Trinajstić information content (AvgIpc) is 3.02. The number of para-hydroxylation sites is 1. The molecule has 0 radical (unpaired) electrons. The first-order valence-electron chi connectivity index (χ1n) is 7.98. The van der Waals surface area contributed by atoms with Crippen molar-refractivity contribution in [1.29, 1.82) is 0 Å². The third-order valence-corrected chi connectivity index (χ3v) is 4.63. The molecule has 0 saturated carbocycles. The molecule has 1 aromatic carbocycles. The lowest BCUT2D eigenvalue weighted by molar-refractivity contribution is -0.133. The van der Waals surface area contributed by atoms with Gasteiger partial charge in [0, 0.05) is 5.56 Å². The van der Waals surface area contributed by atoms with Crippen molar-refractivity contribution >= 4 is 35.1 Å². The Hall–Kier alpha value is -2.80. The van der Waals surface area contributed by atoms with Crippen LogP contribution in [0.15, 0.2) is 34.7 Å². The van der Waals surface area contributed by atoms with E-state index in [0.717, 1.165) is 4.90 Å². The predicted octanol–water partition coefficient (Wildman–Crippen LogP) is 2.96. The van der Waals surface area contributed by atoms with Gasteiger partial charge < -0.3 is 15.1 Å². The number of halogens is 1. The minimum atomic E-state index is -1.27. The van der Waals surface area contributed by atoms with Crippen molar-refractivity contribution < 1.29 is 18.8 Å². The molecule has 136 valence electrons. The largest absolute Gasteiger partial charge is 0.466 e. The lowest BCUT2D eigenvalue weighted by Crippen LogP contribution is -2.42. The van der Waals surface area contributed by atoms with Gasteiger partial charge >= 0.3 is 6.03 Å². The SMILES string of the molecule is Cc1cc([C@@]2(C)NC(=O)N(CC(=O)Nc3ccccc3Cl)C2=O)c(C)o1. The van der Waals surface area contributed by atoms with E-state index in [9.17, 15) is 14.4 Å². The van der Waals surface area contributed by atoms with Crippen LogP contribution in [0.25, 0.3) is 0 Å². The molecule has 26 heavy (non-hydrogen) atoms. The molecule has 0 aliphatic carbocycles. The molecule has 2 aromatic rings. The molecule has 4 amide bonds. The van der Waals surface area contributed by atoms with Crippen LogP contribution >= 0.6 is 11.6 Å². The second-order valence-electron chi connectivity index (χ2n) is 6.30. The molecular formula is C18H18ClN3O4. The number of imide groups is 1. The summed E-state index contributed by atoms with van der Waals surface area (Å²) in [7, 11) is 0. The molecule has 8 heteroatoms. The highest BCUT2D eigenvalue weighted by atomic mass is 35.5. The maximum Gasteiger partial charge on any atom is 0.325 e. The van der Waals surface area contributed by atoms with Crippen molar-refractivity contribution in [3.63, 3.8) is 0 Å². The van der Waals surface area contributed by atoms with E-state index in [1.54, 1.807) is 51.1 Å². The van der Waals surface area contributed by atoms with Crippen molar-refractivity contribution in [2.75, 3.05) is 11.9 Å². The summed E-state index contributed by atoms with van der Waals surface area (Å²) in [4.78, 5) is 38.3. The van der Waals surface area contributed by atoms with Crippen LogP contribution in [0.2, 0.25) is 5.02 Å². The average molecular weight is 376 g/mol. The third kappa shape index (κ3) is 3.06. The van der Waals surface area contributed by atoms with Gasteiger partial charge in [0.25, 0.3) is 5.91 Å². The number of rotatable bonds is 4. The number of hydrogen-bond donors (Lipinski definition) is 2. The molecule has 3 rings (SSSR count). The van der Waals surface area contributed by atoms with Crippen molar-refractivity contribution in [2.24, 2.45) is 0 Å². The van der Waals surface area contributed by atoms with Crippen molar-refractivity contribution in [1.82, 2.24) is 10.2 Å². The minimum absolute atomic E-state index is 0.368. The highest BCUT2D eigenvalue weighted by molar-refractivity contribution is 6.33. The van der Waals surface area contributed by atoms with Crippen LogP contribution in [0.4, 0.5) is 10.5 Å². The van der Waals surface area contributed by atoms with E-state index < -0.39 is 29.9 Å². The number of amides is 4. The van der Waals surface area contributed by atoms with Crippen molar-refractivity contribution in [3.8, 4) is 0 Å². The molecule has 7 nitrogen and oxygen atoms in total. The number of aryl methyl sites for hydroxylation is 2. The van der Waals surface area contributed by atoms with Gasteiger partial charge in [0.2, 0.25) is 5.91 Å². The van der Waals surface area contributed by atoms with Gasteiger partial charge in [-0.15, -0.1) is 0 Å². The summed E-state index contributed by atoms with van der Waals surface area (Å²) in [6.07, 6.45) is 0.